The van der Waals surface area contributed by atoms with Crippen LogP contribution >= 0.6 is 0 Å². The quantitative estimate of drug-likeness (QED) is 0.853. The lowest BCUT2D eigenvalue weighted by molar-refractivity contribution is -0.159. The SMILES string of the molecule is CC[C@H](CN(C)C)NC(=O)c1ccc(-c2noc(C(F)(F)F)n2)nc1. The maximum Gasteiger partial charge on any atom is 0.471 e. The van der Waals surface area contributed by atoms with Crippen molar-refractivity contribution in [3.63, 3.8) is 0 Å². The first-order valence-corrected chi connectivity index (χ1v) is 7.53. The summed E-state index contributed by atoms with van der Waals surface area (Å²) >= 11 is 0. The van der Waals surface area contributed by atoms with Gasteiger partial charge in [-0.1, -0.05) is 12.1 Å². The third-order valence-corrected chi connectivity index (χ3v) is 3.34. The summed E-state index contributed by atoms with van der Waals surface area (Å²) in [5.74, 6) is -2.05. The number of aromatic nitrogens is 3. The van der Waals surface area contributed by atoms with Crippen LogP contribution in [0.4, 0.5) is 13.2 Å². The van der Waals surface area contributed by atoms with Crippen LogP contribution in [0, 0.1) is 0 Å². The predicted octanol–water partition coefficient (Wildman–Crippen LogP) is 2.22. The number of likely N-dealkylation sites (N-methyl/N-ethyl adjacent to an activating group) is 1. The maximum atomic E-state index is 12.5. The molecule has 25 heavy (non-hydrogen) atoms. The third kappa shape index (κ3) is 4.99. The number of hydrogen-bond donors (Lipinski definition) is 1. The molecule has 2 aromatic rings. The number of hydrogen-bond acceptors (Lipinski definition) is 6. The molecular weight excluding hydrogens is 339 g/mol. The number of nitrogens with one attached hydrogen (secondary N) is 1. The lowest BCUT2D eigenvalue weighted by Gasteiger charge is -2.20. The van der Waals surface area contributed by atoms with Crippen LogP contribution in [0.2, 0.25) is 0 Å². The van der Waals surface area contributed by atoms with Crippen molar-refractivity contribution < 1.29 is 22.5 Å². The molecule has 0 unspecified atom stereocenters. The zero-order valence-corrected chi connectivity index (χ0v) is 14.0. The van der Waals surface area contributed by atoms with Crippen molar-refractivity contribution >= 4 is 5.91 Å². The van der Waals surface area contributed by atoms with Crippen molar-refractivity contribution in [3.05, 3.63) is 29.8 Å². The number of carbonyl (C=O) groups is 1. The number of carbonyl (C=O) groups excluding carboxylic acids is 1. The first-order chi connectivity index (χ1) is 11.7. The van der Waals surface area contributed by atoms with E-state index in [9.17, 15) is 18.0 Å². The van der Waals surface area contributed by atoms with Crippen LogP contribution in [-0.4, -0.2) is 52.6 Å². The topological polar surface area (TPSA) is 84.2 Å². The first-order valence-electron chi connectivity index (χ1n) is 7.53. The van der Waals surface area contributed by atoms with Gasteiger partial charge in [0.1, 0.15) is 5.69 Å². The summed E-state index contributed by atoms with van der Waals surface area (Å²) in [5, 5.41) is 6.13. The molecule has 0 aromatic carbocycles. The molecule has 10 heteroatoms. The van der Waals surface area contributed by atoms with E-state index in [-0.39, 0.29) is 23.5 Å². The third-order valence-electron chi connectivity index (χ3n) is 3.34. The van der Waals surface area contributed by atoms with Crippen LogP contribution in [0.25, 0.3) is 11.5 Å². The van der Waals surface area contributed by atoms with Gasteiger partial charge in [0.15, 0.2) is 0 Å². The van der Waals surface area contributed by atoms with Crippen molar-refractivity contribution in [2.24, 2.45) is 0 Å². The van der Waals surface area contributed by atoms with E-state index < -0.39 is 12.1 Å². The molecule has 0 saturated heterocycles. The molecule has 0 aliphatic heterocycles. The molecule has 1 N–H and O–H groups in total. The van der Waals surface area contributed by atoms with Crippen LogP contribution < -0.4 is 5.32 Å². The molecule has 2 aromatic heterocycles. The second-order valence-corrected chi connectivity index (χ2v) is 5.69. The Bertz CT molecular complexity index is 713. The molecule has 1 amide bonds. The smallest absolute Gasteiger partial charge is 0.348 e. The van der Waals surface area contributed by atoms with E-state index in [4.69, 9.17) is 0 Å². The van der Waals surface area contributed by atoms with Crippen LogP contribution in [-0.2, 0) is 6.18 Å². The van der Waals surface area contributed by atoms with Crippen LogP contribution in [0.5, 0.6) is 0 Å². The highest BCUT2D eigenvalue weighted by Crippen LogP contribution is 2.28. The van der Waals surface area contributed by atoms with Crippen LogP contribution in [0.15, 0.2) is 22.9 Å². The summed E-state index contributed by atoms with van der Waals surface area (Å²) in [6.07, 6.45) is -2.69. The summed E-state index contributed by atoms with van der Waals surface area (Å²) in [5.41, 5.74) is 0.372. The molecule has 0 saturated carbocycles. The molecule has 0 fully saturated rings. The average Bonchev–Trinajstić information content (AvgIpc) is 3.04. The molecular formula is C15H18F3N5O2. The number of halogens is 3. The molecule has 0 aliphatic carbocycles. The van der Waals surface area contributed by atoms with E-state index >= 15 is 0 Å². The van der Waals surface area contributed by atoms with Gasteiger partial charge in [-0.3, -0.25) is 9.78 Å². The minimum absolute atomic E-state index is 0.0197. The van der Waals surface area contributed by atoms with Gasteiger partial charge in [0.2, 0.25) is 5.82 Å². The maximum absolute atomic E-state index is 12.5. The van der Waals surface area contributed by atoms with Gasteiger partial charge in [0.25, 0.3) is 5.91 Å². The monoisotopic (exact) mass is 357 g/mol. The minimum Gasteiger partial charge on any atom is -0.348 e. The largest absolute Gasteiger partial charge is 0.471 e. The molecule has 0 spiro atoms. The van der Waals surface area contributed by atoms with Gasteiger partial charge in [0, 0.05) is 18.8 Å². The van der Waals surface area contributed by atoms with Gasteiger partial charge in [0.05, 0.1) is 5.56 Å². The highest BCUT2D eigenvalue weighted by atomic mass is 19.4. The Labute approximate surface area is 142 Å². The number of nitrogens with zero attached hydrogens (tertiary/aromatic N) is 4. The fourth-order valence-corrected chi connectivity index (χ4v) is 2.09. The van der Waals surface area contributed by atoms with Crippen LogP contribution in [0.1, 0.15) is 29.6 Å². The summed E-state index contributed by atoms with van der Waals surface area (Å²) in [6, 6.07) is 2.80. The fourth-order valence-electron chi connectivity index (χ4n) is 2.09. The number of pyridine rings is 1. The Morgan fingerprint density at radius 3 is 2.56 bits per heavy atom. The van der Waals surface area contributed by atoms with Crippen molar-refractivity contribution in [2.75, 3.05) is 20.6 Å². The van der Waals surface area contributed by atoms with Gasteiger partial charge >= 0.3 is 12.1 Å². The molecule has 2 heterocycles. The van der Waals surface area contributed by atoms with Crippen molar-refractivity contribution in [1.82, 2.24) is 25.3 Å². The normalized spacial score (nSPS) is 13.1. The second-order valence-electron chi connectivity index (χ2n) is 5.69. The Kier molecular flexibility index (Phi) is 5.73. The van der Waals surface area contributed by atoms with E-state index in [1.165, 1.54) is 18.3 Å². The van der Waals surface area contributed by atoms with Gasteiger partial charge in [-0.2, -0.15) is 18.2 Å². The zero-order valence-electron chi connectivity index (χ0n) is 14.0. The van der Waals surface area contributed by atoms with E-state index in [1.54, 1.807) is 0 Å². The fraction of sp³-hybridized carbons (Fsp3) is 0.467. The predicted molar refractivity (Wildman–Crippen MR) is 82.6 cm³/mol. The van der Waals surface area contributed by atoms with E-state index in [0.717, 1.165) is 6.42 Å². The summed E-state index contributed by atoms with van der Waals surface area (Å²) in [4.78, 5) is 21.4. The van der Waals surface area contributed by atoms with E-state index in [2.05, 4.69) is 25.0 Å². The van der Waals surface area contributed by atoms with Crippen LogP contribution in [0.3, 0.4) is 0 Å². The van der Waals surface area contributed by atoms with Crippen molar-refractivity contribution in [2.45, 2.75) is 25.6 Å². The van der Waals surface area contributed by atoms with Gasteiger partial charge in [-0.25, -0.2) is 0 Å². The molecule has 7 nitrogen and oxygen atoms in total. The molecule has 0 bridgehead atoms. The molecule has 1 atom stereocenters. The van der Waals surface area contributed by atoms with Gasteiger partial charge in [-0.05, 0) is 32.6 Å². The number of amides is 1. The van der Waals surface area contributed by atoms with Crippen molar-refractivity contribution in [3.8, 4) is 11.5 Å². The molecule has 0 aliphatic rings. The Morgan fingerprint density at radius 2 is 2.08 bits per heavy atom. The highest BCUT2D eigenvalue weighted by Gasteiger charge is 2.38. The average molecular weight is 357 g/mol. The van der Waals surface area contributed by atoms with Gasteiger partial charge in [-0.15, -0.1) is 0 Å². The van der Waals surface area contributed by atoms with Gasteiger partial charge < -0.3 is 14.7 Å². The van der Waals surface area contributed by atoms with E-state index in [1.807, 2.05) is 25.9 Å². The zero-order chi connectivity index (χ0) is 18.6. The van der Waals surface area contributed by atoms with Crippen molar-refractivity contribution in [1.29, 1.82) is 0 Å². The summed E-state index contributed by atoms with van der Waals surface area (Å²) < 4.78 is 41.5. The lowest BCUT2D eigenvalue weighted by atomic mass is 10.2. The molecule has 136 valence electrons. The number of alkyl halides is 3. The summed E-state index contributed by atoms with van der Waals surface area (Å²) in [6.45, 7) is 2.65. The highest BCUT2D eigenvalue weighted by molar-refractivity contribution is 5.94. The standard InChI is InChI=1S/C15H18F3N5O2/c1-4-10(8-23(2)3)20-13(24)9-5-6-11(19-7-9)12-21-14(25-22-12)15(16,17)18/h5-7,10H,4,8H2,1-3H3,(H,20,24)/t10-/m1/s1. The Balaban J connectivity index is 2.09. The first kappa shape index (κ1) is 18.8. The molecule has 0 radical (unpaired) electrons. The number of rotatable bonds is 6. The second kappa shape index (κ2) is 7.60. The Hall–Kier alpha value is -2.49. The Morgan fingerprint density at radius 1 is 1.36 bits per heavy atom. The van der Waals surface area contributed by atoms with E-state index in [0.29, 0.717) is 12.1 Å². The summed E-state index contributed by atoms with van der Waals surface area (Å²) in [7, 11) is 3.82. The minimum atomic E-state index is -4.72. The lowest BCUT2D eigenvalue weighted by Crippen LogP contribution is -2.41. The molecule has 2 rings (SSSR count).